The van der Waals surface area contributed by atoms with Crippen molar-refractivity contribution in [3.63, 3.8) is 0 Å². The lowest BCUT2D eigenvalue weighted by Crippen LogP contribution is -2.07. The smallest absolute Gasteiger partial charge is 0.149 e. The molecule has 2 nitrogen and oxygen atoms in total. The van der Waals surface area contributed by atoms with Crippen molar-refractivity contribution in [1.82, 2.24) is 4.98 Å². The zero-order chi connectivity index (χ0) is 12.8. The highest BCUT2D eigenvalue weighted by atomic mass is 32.2. The van der Waals surface area contributed by atoms with Crippen LogP contribution in [0.2, 0.25) is 0 Å². The zero-order valence-electron chi connectivity index (χ0n) is 9.67. The zero-order valence-corrected chi connectivity index (χ0v) is 10.5. The van der Waals surface area contributed by atoms with E-state index in [1.807, 2.05) is 18.2 Å². The Bertz CT molecular complexity index is 530. The standard InChI is InChI=1S/C14H12FNOS/c15-13-6-1-2-7-14(13)18-10-12(17)9-11-5-3-4-8-16-11/h1-8H,9-10H2. The number of benzene rings is 1. The Kier molecular flexibility index (Phi) is 4.47. The molecular weight excluding hydrogens is 249 g/mol. The van der Waals surface area contributed by atoms with Crippen molar-refractivity contribution in [1.29, 1.82) is 0 Å². The van der Waals surface area contributed by atoms with E-state index in [2.05, 4.69) is 4.98 Å². The van der Waals surface area contributed by atoms with Gasteiger partial charge in [-0.2, -0.15) is 0 Å². The molecule has 0 N–H and O–H groups in total. The lowest BCUT2D eigenvalue weighted by Gasteiger charge is -2.02. The summed E-state index contributed by atoms with van der Waals surface area (Å²) in [4.78, 5) is 16.3. The van der Waals surface area contributed by atoms with Crippen LogP contribution in [0.25, 0.3) is 0 Å². The van der Waals surface area contributed by atoms with Crippen LogP contribution < -0.4 is 0 Å². The van der Waals surface area contributed by atoms with Gasteiger partial charge in [-0.15, -0.1) is 11.8 Å². The highest BCUT2D eigenvalue weighted by molar-refractivity contribution is 8.00. The summed E-state index contributed by atoms with van der Waals surface area (Å²) in [5, 5.41) is 0. The molecule has 0 spiro atoms. The minimum Gasteiger partial charge on any atom is -0.298 e. The highest BCUT2D eigenvalue weighted by Gasteiger charge is 2.07. The molecule has 0 saturated carbocycles. The van der Waals surface area contributed by atoms with Crippen LogP contribution in [0.1, 0.15) is 5.69 Å². The summed E-state index contributed by atoms with van der Waals surface area (Å²) in [7, 11) is 0. The number of thioether (sulfide) groups is 1. The summed E-state index contributed by atoms with van der Waals surface area (Å²) in [6.07, 6.45) is 1.95. The van der Waals surface area contributed by atoms with Gasteiger partial charge in [-0.25, -0.2) is 4.39 Å². The molecule has 0 fully saturated rings. The second-order valence-electron chi connectivity index (χ2n) is 3.76. The minimum absolute atomic E-state index is 0.0435. The van der Waals surface area contributed by atoms with Crippen molar-refractivity contribution >= 4 is 17.5 Å². The molecule has 0 aliphatic rings. The average molecular weight is 261 g/mol. The number of halogens is 1. The van der Waals surface area contributed by atoms with Gasteiger partial charge in [0.2, 0.25) is 0 Å². The summed E-state index contributed by atoms with van der Waals surface area (Å²) in [6, 6.07) is 11.9. The van der Waals surface area contributed by atoms with Gasteiger partial charge >= 0.3 is 0 Å². The molecule has 1 aromatic carbocycles. The number of nitrogens with zero attached hydrogens (tertiary/aromatic N) is 1. The first kappa shape index (κ1) is 12.8. The Balaban J connectivity index is 1.88. The Labute approximate surface area is 109 Å². The fraction of sp³-hybridized carbons (Fsp3) is 0.143. The van der Waals surface area contributed by atoms with Crippen molar-refractivity contribution in [2.45, 2.75) is 11.3 Å². The molecule has 0 radical (unpaired) electrons. The van der Waals surface area contributed by atoms with E-state index in [1.54, 1.807) is 24.4 Å². The van der Waals surface area contributed by atoms with Gasteiger partial charge in [-0.1, -0.05) is 18.2 Å². The fourth-order valence-corrected chi connectivity index (χ4v) is 2.28. The van der Waals surface area contributed by atoms with Gasteiger partial charge in [0.05, 0.1) is 5.75 Å². The molecule has 2 aromatic rings. The summed E-state index contributed by atoms with van der Waals surface area (Å²) in [5.41, 5.74) is 0.747. The average Bonchev–Trinajstić information content (AvgIpc) is 2.39. The SMILES string of the molecule is O=C(CSc1ccccc1F)Cc1ccccn1. The van der Waals surface area contributed by atoms with E-state index < -0.39 is 0 Å². The second-order valence-corrected chi connectivity index (χ2v) is 4.77. The van der Waals surface area contributed by atoms with Crippen molar-refractivity contribution in [2.24, 2.45) is 0 Å². The largest absolute Gasteiger partial charge is 0.298 e. The van der Waals surface area contributed by atoms with Crippen molar-refractivity contribution in [2.75, 3.05) is 5.75 Å². The number of aromatic nitrogens is 1. The summed E-state index contributed by atoms with van der Waals surface area (Å²) < 4.78 is 13.3. The van der Waals surface area contributed by atoms with E-state index in [4.69, 9.17) is 0 Å². The third kappa shape index (κ3) is 3.67. The van der Waals surface area contributed by atoms with Crippen molar-refractivity contribution in [3.05, 3.63) is 60.2 Å². The fourth-order valence-electron chi connectivity index (χ4n) is 1.48. The van der Waals surface area contributed by atoms with Gasteiger partial charge in [0.1, 0.15) is 11.6 Å². The Morgan fingerprint density at radius 3 is 2.67 bits per heavy atom. The van der Waals surface area contributed by atoms with Crippen molar-refractivity contribution < 1.29 is 9.18 Å². The first-order chi connectivity index (χ1) is 8.75. The van der Waals surface area contributed by atoms with Crippen LogP contribution in [0.3, 0.4) is 0 Å². The van der Waals surface area contributed by atoms with Crippen LogP contribution in [-0.4, -0.2) is 16.5 Å². The van der Waals surface area contributed by atoms with E-state index in [-0.39, 0.29) is 17.4 Å². The van der Waals surface area contributed by atoms with Crippen LogP contribution in [0.5, 0.6) is 0 Å². The van der Waals surface area contributed by atoms with Gasteiger partial charge in [0.25, 0.3) is 0 Å². The molecule has 92 valence electrons. The molecule has 0 saturated heterocycles. The summed E-state index contributed by atoms with van der Waals surface area (Å²) >= 11 is 1.22. The normalized spacial score (nSPS) is 10.3. The minimum atomic E-state index is -0.284. The topological polar surface area (TPSA) is 30.0 Å². The van der Waals surface area contributed by atoms with Crippen LogP contribution in [0.4, 0.5) is 4.39 Å². The van der Waals surface area contributed by atoms with Gasteiger partial charge in [-0.3, -0.25) is 9.78 Å². The number of Topliss-reactive ketones (excluding diaryl/α,β-unsaturated/α-hetero) is 1. The Morgan fingerprint density at radius 1 is 1.17 bits per heavy atom. The molecule has 0 bridgehead atoms. The van der Waals surface area contributed by atoms with Gasteiger partial charge in [-0.05, 0) is 24.3 Å². The third-order valence-corrected chi connectivity index (χ3v) is 3.44. The number of carbonyl (C=O) groups is 1. The number of carbonyl (C=O) groups excluding carboxylic acids is 1. The first-order valence-corrected chi connectivity index (χ1v) is 6.53. The predicted molar refractivity (Wildman–Crippen MR) is 70.1 cm³/mol. The number of hydrogen-bond acceptors (Lipinski definition) is 3. The molecule has 1 heterocycles. The van der Waals surface area contributed by atoms with E-state index in [9.17, 15) is 9.18 Å². The molecule has 2 rings (SSSR count). The predicted octanol–water partition coefficient (Wildman–Crippen LogP) is 3.12. The summed E-state index contributed by atoms with van der Waals surface area (Å²) in [6.45, 7) is 0. The van der Waals surface area contributed by atoms with E-state index >= 15 is 0 Å². The maximum atomic E-state index is 13.3. The van der Waals surface area contributed by atoms with Crippen LogP contribution in [0.15, 0.2) is 53.6 Å². The molecule has 0 atom stereocenters. The first-order valence-electron chi connectivity index (χ1n) is 5.54. The van der Waals surface area contributed by atoms with Crippen LogP contribution >= 0.6 is 11.8 Å². The van der Waals surface area contributed by atoms with Gasteiger partial charge in [0.15, 0.2) is 0 Å². The quantitative estimate of drug-likeness (QED) is 0.775. The number of ketones is 1. The molecule has 1 aromatic heterocycles. The lowest BCUT2D eigenvalue weighted by molar-refractivity contribution is -0.116. The molecule has 0 amide bonds. The van der Waals surface area contributed by atoms with E-state index in [1.165, 1.54) is 17.8 Å². The highest BCUT2D eigenvalue weighted by Crippen LogP contribution is 2.21. The molecule has 4 heteroatoms. The molecule has 0 aliphatic heterocycles. The van der Waals surface area contributed by atoms with E-state index in [0.29, 0.717) is 11.3 Å². The number of rotatable bonds is 5. The maximum Gasteiger partial charge on any atom is 0.149 e. The third-order valence-electron chi connectivity index (χ3n) is 2.33. The second kappa shape index (κ2) is 6.31. The maximum absolute atomic E-state index is 13.3. The Morgan fingerprint density at radius 2 is 1.94 bits per heavy atom. The monoisotopic (exact) mass is 261 g/mol. The Hall–Kier alpha value is -1.68. The van der Waals surface area contributed by atoms with Crippen LogP contribution in [0, 0.1) is 5.82 Å². The van der Waals surface area contributed by atoms with Crippen molar-refractivity contribution in [3.8, 4) is 0 Å². The molecule has 18 heavy (non-hydrogen) atoms. The number of pyridine rings is 1. The molecule has 0 unspecified atom stereocenters. The lowest BCUT2D eigenvalue weighted by atomic mass is 10.2. The number of hydrogen-bond donors (Lipinski definition) is 0. The molecular formula is C14H12FNOS. The van der Waals surface area contributed by atoms with Crippen LogP contribution in [-0.2, 0) is 11.2 Å². The van der Waals surface area contributed by atoms with Gasteiger partial charge < -0.3 is 0 Å². The summed E-state index contributed by atoms with van der Waals surface area (Å²) in [5.74, 6) is 0.0208. The molecule has 0 aliphatic carbocycles. The van der Waals surface area contributed by atoms with E-state index in [0.717, 1.165) is 5.69 Å². The van der Waals surface area contributed by atoms with Gasteiger partial charge in [0, 0.05) is 23.2 Å².